The van der Waals surface area contributed by atoms with Crippen LogP contribution in [-0.4, -0.2) is 37.5 Å². The van der Waals surface area contributed by atoms with Crippen molar-refractivity contribution in [2.24, 2.45) is 0 Å². The summed E-state index contributed by atoms with van der Waals surface area (Å²) in [5, 5.41) is 3.07. The van der Waals surface area contributed by atoms with Gasteiger partial charge in [-0.1, -0.05) is 60.7 Å². The summed E-state index contributed by atoms with van der Waals surface area (Å²) in [6, 6.07) is 20.8. The van der Waals surface area contributed by atoms with Gasteiger partial charge in [-0.15, -0.1) is 0 Å². The molecule has 0 aliphatic heterocycles. The molecule has 0 saturated heterocycles. The Kier molecular flexibility index (Phi) is 6.82. The van der Waals surface area contributed by atoms with Gasteiger partial charge in [0, 0.05) is 19.0 Å². The summed E-state index contributed by atoms with van der Waals surface area (Å²) < 4.78 is 0. The summed E-state index contributed by atoms with van der Waals surface area (Å²) in [5.74, 6) is 0.119. The Bertz CT molecular complexity index is 581. The summed E-state index contributed by atoms with van der Waals surface area (Å²) in [7, 11) is 4.12. The molecule has 1 N–H and O–H groups in total. The van der Waals surface area contributed by atoms with Crippen molar-refractivity contribution in [2.75, 3.05) is 20.6 Å². The second-order valence-corrected chi connectivity index (χ2v) is 6.10. The molecule has 0 fully saturated rings. The zero-order valence-electron chi connectivity index (χ0n) is 14.0. The maximum atomic E-state index is 12.1. The van der Waals surface area contributed by atoms with Crippen molar-refractivity contribution in [3.8, 4) is 0 Å². The van der Waals surface area contributed by atoms with Gasteiger partial charge in [-0.05, 0) is 38.1 Å². The van der Waals surface area contributed by atoms with Crippen LogP contribution in [0.25, 0.3) is 0 Å². The number of aryl methyl sites for hydroxylation is 1. The number of nitrogens with zero attached hydrogens (tertiary/aromatic N) is 1. The Labute approximate surface area is 139 Å². The molecule has 0 radical (unpaired) electrons. The van der Waals surface area contributed by atoms with Gasteiger partial charge in [0.05, 0.1) is 0 Å². The molecule has 0 aliphatic carbocycles. The molecule has 0 heterocycles. The van der Waals surface area contributed by atoms with Gasteiger partial charge in [0.1, 0.15) is 0 Å². The Hall–Kier alpha value is -2.13. The predicted octanol–water partition coefficient (Wildman–Crippen LogP) is 2.91. The van der Waals surface area contributed by atoms with Crippen LogP contribution in [0.3, 0.4) is 0 Å². The van der Waals surface area contributed by atoms with Gasteiger partial charge in [-0.2, -0.15) is 0 Å². The molecule has 0 spiro atoms. The number of carbonyl (C=O) groups is 1. The number of likely N-dealkylation sites (N-methyl/N-ethyl adjacent to an activating group) is 1. The number of hydrogen-bond acceptors (Lipinski definition) is 2. The van der Waals surface area contributed by atoms with Gasteiger partial charge >= 0.3 is 0 Å². The molecule has 1 atom stereocenters. The molecule has 1 amide bonds. The lowest BCUT2D eigenvalue weighted by Gasteiger charge is -2.24. The summed E-state index contributed by atoms with van der Waals surface area (Å²) in [6.45, 7) is 0.676. The molecule has 2 aromatic carbocycles. The normalized spacial score (nSPS) is 12.1. The molecule has 2 aromatic rings. The molecular formula is C20H26N2O. The van der Waals surface area contributed by atoms with Gasteiger partial charge in [0.25, 0.3) is 0 Å². The standard InChI is InChI=1S/C20H26N2O/c1-22(2)19(15-18-11-7-4-8-12-18)16-21-20(23)14-13-17-9-5-3-6-10-17/h3-12,19H,13-16H2,1-2H3,(H,21,23)/t19-/m0/s1. The second-order valence-electron chi connectivity index (χ2n) is 6.10. The van der Waals surface area contributed by atoms with E-state index >= 15 is 0 Å². The van der Waals surface area contributed by atoms with Crippen molar-refractivity contribution in [1.29, 1.82) is 0 Å². The quantitative estimate of drug-likeness (QED) is 0.813. The zero-order chi connectivity index (χ0) is 16.5. The van der Waals surface area contributed by atoms with Crippen LogP contribution in [0.2, 0.25) is 0 Å². The fourth-order valence-corrected chi connectivity index (χ4v) is 2.55. The van der Waals surface area contributed by atoms with E-state index in [1.54, 1.807) is 0 Å². The lowest BCUT2D eigenvalue weighted by molar-refractivity contribution is -0.121. The molecule has 3 nitrogen and oxygen atoms in total. The average Bonchev–Trinajstić information content (AvgIpc) is 2.58. The van der Waals surface area contributed by atoms with Gasteiger partial charge in [-0.3, -0.25) is 4.79 Å². The lowest BCUT2D eigenvalue weighted by Crippen LogP contribution is -2.41. The van der Waals surface area contributed by atoms with Crippen LogP contribution in [0, 0.1) is 0 Å². The molecule has 0 saturated carbocycles. The Morgan fingerprint density at radius 2 is 1.52 bits per heavy atom. The summed E-state index contributed by atoms with van der Waals surface area (Å²) in [5.41, 5.74) is 2.50. The zero-order valence-corrected chi connectivity index (χ0v) is 14.0. The molecule has 0 bridgehead atoms. The van der Waals surface area contributed by atoms with E-state index in [0.717, 1.165) is 12.8 Å². The van der Waals surface area contributed by atoms with Gasteiger partial charge in [-0.25, -0.2) is 0 Å². The number of rotatable bonds is 8. The Morgan fingerprint density at radius 1 is 0.957 bits per heavy atom. The molecule has 0 aromatic heterocycles. The first-order valence-electron chi connectivity index (χ1n) is 8.16. The maximum Gasteiger partial charge on any atom is 0.220 e. The van der Waals surface area contributed by atoms with Crippen molar-refractivity contribution in [1.82, 2.24) is 10.2 Å². The molecule has 3 heteroatoms. The minimum atomic E-state index is 0.119. The topological polar surface area (TPSA) is 32.3 Å². The van der Waals surface area contributed by atoms with Crippen molar-refractivity contribution < 1.29 is 4.79 Å². The average molecular weight is 310 g/mol. The SMILES string of the molecule is CN(C)[C@H](CNC(=O)CCc1ccccc1)Cc1ccccc1. The summed E-state index contributed by atoms with van der Waals surface area (Å²) in [4.78, 5) is 14.2. The number of benzene rings is 2. The second kappa shape index (κ2) is 9.11. The van der Waals surface area contributed by atoms with Crippen LogP contribution in [0.4, 0.5) is 0 Å². The first kappa shape index (κ1) is 17.2. The van der Waals surface area contributed by atoms with Crippen LogP contribution < -0.4 is 5.32 Å². The highest BCUT2D eigenvalue weighted by Crippen LogP contribution is 2.07. The molecular weight excluding hydrogens is 284 g/mol. The number of amides is 1. The molecule has 23 heavy (non-hydrogen) atoms. The van der Waals surface area contributed by atoms with E-state index < -0.39 is 0 Å². The first-order valence-corrected chi connectivity index (χ1v) is 8.16. The molecule has 122 valence electrons. The van der Waals surface area contributed by atoms with Crippen molar-refractivity contribution >= 4 is 5.91 Å². The lowest BCUT2D eigenvalue weighted by atomic mass is 10.0. The summed E-state index contributed by atoms with van der Waals surface area (Å²) in [6.07, 6.45) is 2.26. The van der Waals surface area contributed by atoms with E-state index in [-0.39, 0.29) is 5.91 Å². The third-order valence-corrected chi connectivity index (χ3v) is 4.06. The third kappa shape index (κ3) is 6.25. The van der Waals surface area contributed by atoms with E-state index in [1.165, 1.54) is 11.1 Å². The van der Waals surface area contributed by atoms with Crippen molar-refractivity contribution in [3.05, 3.63) is 71.8 Å². The van der Waals surface area contributed by atoms with Crippen LogP contribution in [0.15, 0.2) is 60.7 Å². The number of hydrogen-bond donors (Lipinski definition) is 1. The number of carbonyl (C=O) groups excluding carboxylic acids is 1. The number of nitrogens with one attached hydrogen (secondary N) is 1. The Morgan fingerprint density at radius 3 is 2.09 bits per heavy atom. The fraction of sp³-hybridized carbons (Fsp3) is 0.350. The monoisotopic (exact) mass is 310 g/mol. The van der Waals surface area contributed by atoms with Crippen LogP contribution in [0.1, 0.15) is 17.5 Å². The van der Waals surface area contributed by atoms with Crippen LogP contribution >= 0.6 is 0 Å². The van der Waals surface area contributed by atoms with E-state index in [0.29, 0.717) is 19.0 Å². The van der Waals surface area contributed by atoms with E-state index in [9.17, 15) is 4.79 Å². The maximum absolute atomic E-state index is 12.1. The summed E-state index contributed by atoms with van der Waals surface area (Å²) >= 11 is 0. The first-order chi connectivity index (χ1) is 11.1. The molecule has 2 rings (SSSR count). The fourth-order valence-electron chi connectivity index (χ4n) is 2.55. The highest BCUT2D eigenvalue weighted by molar-refractivity contribution is 5.76. The van der Waals surface area contributed by atoms with E-state index in [1.807, 2.05) is 24.3 Å². The third-order valence-electron chi connectivity index (χ3n) is 4.06. The van der Waals surface area contributed by atoms with Crippen LogP contribution in [-0.2, 0) is 17.6 Å². The molecule has 0 unspecified atom stereocenters. The van der Waals surface area contributed by atoms with E-state index in [4.69, 9.17) is 0 Å². The van der Waals surface area contributed by atoms with Crippen molar-refractivity contribution in [3.63, 3.8) is 0 Å². The van der Waals surface area contributed by atoms with Gasteiger partial charge in [0.15, 0.2) is 0 Å². The predicted molar refractivity (Wildman–Crippen MR) is 95.4 cm³/mol. The molecule has 0 aliphatic rings. The Balaban J connectivity index is 1.78. The van der Waals surface area contributed by atoms with E-state index in [2.05, 4.69) is 60.7 Å². The highest BCUT2D eigenvalue weighted by Gasteiger charge is 2.13. The minimum absolute atomic E-state index is 0.119. The largest absolute Gasteiger partial charge is 0.355 e. The highest BCUT2D eigenvalue weighted by atomic mass is 16.1. The van der Waals surface area contributed by atoms with Gasteiger partial charge in [0.2, 0.25) is 5.91 Å². The minimum Gasteiger partial charge on any atom is -0.355 e. The van der Waals surface area contributed by atoms with Crippen LogP contribution in [0.5, 0.6) is 0 Å². The van der Waals surface area contributed by atoms with Gasteiger partial charge < -0.3 is 10.2 Å². The van der Waals surface area contributed by atoms with Crippen molar-refractivity contribution in [2.45, 2.75) is 25.3 Å². The smallest absolute Gasteiger partial charge is 0.220 e.